The fraction of sp³-hybridized carbons (Fsp3) is 0.211. The summed E-state index contributed by atoms with van der Waals surface area (Å²) in [5, 5.41) is 9.94. The summed E-state index contributed by atoms with van der Waals surface area (Å²) in [5.74, 6) is -0.534. The van der Waals surface area contributed by atoms with Crippen LogP contribution in [0.2, 0.25) is 0 Å². The van der Waals surface area contributed by atoms with Gasteiger partial charge in [-0.3, -0.25) is 14.4 Å². The summed E-state index contributed by atoms with van der Waals surface area (Å²) < 4.78 is 13.4. The maximum absolute atomic E-state index is 13.6. The molecule has 48 heavy (non-hydrogen) atoms. The van der Waals surface area contributed by atoms with Crippen LogP contribution in [0.4, 0.5) is 10.2 Å². The Morgan fingerprint density at radius 3 is 2.33 bits per heavy atom. The third-order valence-corrected chi connectivity index (χ3v) is 8.54. The molecular formula is C38H37ClFN5O3. The van der Waals surface area contributed by atoms with Gasteiger partial charge in [-0.25, -0.2) is 9.37 Å². The lowest BCUT2D eigenvalue weighted by Crippen LogP contribution is -2.41. The average molecular weight is 666 g/mol. The zero-order valence-corrected chi connectivity index (χ0v) is 27.3. The van der Waals surface area contributed by atoms with Crippen LogP contribution in [-0.2, 0) is 11.3 Å². The Balaban J connectivity index is 0.00000451. The highest BCUT2D eigenvalue weighted by Gasteiger charge is 2.27. The smallest absolute Gasteiger partial charge is 0.257 e. The predicted octanol–water partition coefficient (Wildman–Crippen LogP) is 6.64. The van der Waals surface area contributed by atoms with Gasteiger partial charge in [-0.05, 0) is 97.1 Å². The molecule has 1 unspecified atom stereocenters. The molecule has 3 N–H and O–H groups in total. The number of carbonyl (C=O) groups excluding carboxylic acids is 3. The molecule has 1 atom stereocenters. The van der Waals surface area contributed by atoms with Gasteiger partial charge in [-0.1, -0.05) is 60.7 Å². The third kappa shape index (κ3) is 8.05. The van der Waals surface area contributed by atoms with Crippen molar-refractivity contribution in [3.05, 3.63) is 143 Å². The molecule has 1 aromatic heterocycles. The van der Waals surface area contributed by atoms with Crippen LogP contribution in [0.25, 0.3) is 10.9 Å². The van der Waals surface area contributed by atoms with Gasteiger partial charge in [0.05, 0.1) is 5.52 Å². The first-order valence-electron chi connectivity index (χ1n) is 15.7. The van der Waals surface area contributed by atoms with Crippen molar-refractivity contribution in [1.29, 1.82) is 0 Å². The SMILES string of the molecule is CN(Cc1ccc(F)cc1)C(=O)C(NC(=O)c1ccc2nc(NC(=O)c3ccccc3C3CCNCC3)ccc2c1)c1ccccc1.Cl. The normalized spacial score (nSPS) is 13.6. The molecule has 2 heterocycles. The molecule has 246 valence electrons. The number of benzene rings is 4. The van der Waals surface area contributed by atoms with Crippen molar-refractivity contribution >= 4 is 46.8 Å². The summed E-state index contributed by atoms with van der Waals surface area (Å²) >= 11 is 0. The van der Waals surface area contributed by atoms with Crippen LogP contribution in [0, 0.1) is 5.82 Å². The molecule has 4 aromatic carbocycles. The number of halogens is 2. The number of pyridine rings is 1. The summed E-state index contributed by atoms with van der Waals surface area (Å²) in [6.07, 6.45) is 1.97. The molecule has 0 aliphatic carbocycles. The minimum Gasteiger partial charge on any atom is -0.339 e. The molecule has 1 aliphatic rings. The second kappa shape index (κ2) is 15.6. The number of carbonyl (C=O) groups is 3. The lowest BCUT2D eigenvalue weighted by Gasteiger charge is -2.25. The molecule has 0 saturated carbocycles. The van der Waals surface area contributed by atoms with E-state index in [0.29, 0.717) is 39.3 Å². The number of rotatable bonds is 9. The van der Waals surface area contributed by atoms with Crippen molar-refractivity contribution < 1.29 is 18.8 Å². The quantitative estimate of drug-likeness (QED) is 0.164. The number of anilines is 1. The minimum absolute atomic E-state index is 0. The second-order valence-electron chi connectivity index (χ2n) is 11.8. The van der Waals surface area contributed by atoms with Gasteiger partial charge in [-0.2, -0.15) is 0 Å². The summed E-state index contributed by atoms with van der Waals surface area (Å²) in [5.41, 5.74) is 4.09. The van der Waals surface area contributed by atoms with Gasteiger partial charge in [0.15, 0.2) is 0 Å². The van der Waals surface area contributed by atoms with E-state index in [2.05, 4.69) is 20.9 Å². The molecule has 0 radical (unpaired) electrons. The number of nitrogens with one attached hydrogen (secondary N) is 3. The molecule has 0 bridgehead atoms. The largest absolute Gasteiger partial charge is 0.339 e. The Hall–Kier alpha value is -5.12. The van der Waals surface area contributed by atoms with Crippen LogP contribution in [0.15, 0.2) is 109 Å². The van der Waals surface area contributed by atoms with E-state index in [1.807, 2.05) is 48.5 Å². The average Bonchev–Trinajstić information content (AvgIpc) is 3.11. The van der Waals surface area contributed by atoms with Crippen molar-refractivity contribution in [2.24, 2.45) is 0 Å². The fourth-order valence-corrected chi connectivity index (χ4v) is 6.02. The third-order valence-electron chi connectivity index (χ3n) is 8.54. The van der Waals surface area contributed by atoms with E-state index in [-0.39, 0.29) is 36.6 Å². The van der Waals surface area contributed by atoms with E-state index in [0.717, 1.165) is 37.1 Å². The summed E-state index contributed by atoms with van der Waals surface area (Å²) in [6.45, 7) is 2.12. The van der Waals surface area contributed by atoms with Crippen LogP contribution in [0.1, 0.15) is 62.2 Å². The number of hydrogen-bond acceptors (Lipinski definition) is 5. The lowest BCUT2D eigenvalue weighted by atomic mass is 9.87. The van der Waals surface area contributed by atoms with Crippen LogP contribution in [-0.4, -0.2) is 47.7 Å². The number of amides is 3. The highest BCUT2D eigenvalue weighted by Crippen LogP contribution is 2.29. The second-order valence-corrected chi connectivity index (χ2v) is 11.8. The van der Waals surface area contributed by atoms with Gasteiger partial charge < -0.3 is 20.9 Å². The number of hydrogen-bond donors (Lipinski definition) is 3. The first-order valence-corrected chi connectivity index (χ1v) is 15.7. The van der Waals surface area contributed by atoms with Crippen LogP contribution in [0.5, 0.6) is 0 Å². The number of piperidine rings is 1. The molecular weight excluding hydrogens is 629 g/mol. The minimum atomic E-state index is -0.937. The molecule has 10 heteroatoms. The van der Waals surface area contributed by atoms with Gasteiger partial charge in [0.25, 0.3) is 11.8 Å². The van der Waals surface area contributed by atoms with Gasteiger partial charge in [0.2, 0.25) is 5.91 Å². The first-order chi connectivity index (χ1) is 22.9. The van der Waals surface area contributed by atoms with E-state index in [9.17, 15) is 18.8 Å². The lowest BCUT2D eigenvalue weighted by molar-refractivity contribution is -0.132. The van der Waals surface area contributed by atoms with Crippen molar-refractivity contribution in [1.82, 2.24) is 20.5 Å². The zero-order valence-electron chi connectivity index (χ0n) is 26.5. The maximum Gasteiger partial charge on any atom is 0.257 e. The van der Waals surface area contributed by atoms with E-state index in [1.54, 1.807) is 55.6 Å². The number of likely N-dealkylation sites (N-methyl/N-ethyl adjacent to an activating group) is 1. The Labute approximate surface area is 285 Å². The number of aromatic nitrogens is 1. The predicted molar refractivity (Wildman–Crippen MR) is 188 cm³/mol. The van der Waals surface area contributed by atoms with Gasteiger partial charge >= 0.3 is 0 Å². The highest BCUT2D eigenvalue weighted by molar-refractivity contribution is 6.05. The summed E-state index contributed by atoms with van der Waals surface area (Å²) in [7, 11) is 1.65. The van der Waals surface area contributed by atoms with Crippen LogP contribution >= 0.6 is 12.4 Å². The zero-order chi connectivity index (χ0) is 32.8. The molecule has 6 rings (SSSR count). The maximum atomic E-state index is 13.6. The Morgan fingerprint density at radius 2 is 1.58 bits per heavy atom. The van der Waals surface area contributed by atoms with Gasteiger partial charge in [-0.15, -0.1) is 12.4 Å². The van der Waals surface area contributed by atoms with Crippen molar-refractivity contribution in [2.75, 3.05) is 25.5 Å². The van der Waals surface area contributed by atoms with Crippen molar-refractivity contribution in [3.8, 4) is 0 Å². The fourth-order valence-electron chi connectivity index (χ4n) is 6.02. The van der Waals surface area contributed by atoms with Gasteiger partial charge in [0, 0.05) is 30.1 Å². The molecule has 1 aliphatic heterocycles. The molecule has 1 fully saturated rings. The summed E-state index contributed by atoms with van der Waals surface area (Å²) in [4.78, 5) is 46.6. The molecule has 3 amide bonds. The Kier molecular flexibility index (Phi) is 11.2. The molecule has 0 spiro atoms. The Morgan fingerprint density at radius 1 is 0.875 bits per heavy atom. The molecule has 1 saturated heterocycles. The van der Waals surface area contributed by atoms with Crippen molar-refractivity contribution in [3.63, 3.8) is 0 Å². The standard InChI is InChI=1S/C38H36FN5O3.ClH/c1-44(24-25-11-15-30(39)16-12-25)38(47)35(27-7-3-2-4-8-27)43-36(45)29-13-17-33-28(23-29)14-18-34(41-33)42-37(46)32-10-6-5-9-31(32)26-19-21-40-22-20-26;/h2-18,23,26,35,40H,19-22,24H2,1H3,(H,43,45)(H,41,42,46);1H. The topological polar surface area (TPSA) is 103 Å². The van der Waals surface area contributed by atoms with Crippen LogP contribution in [0.3, 0.4) is 0 Å². The van der Waals surface area contributed by atoms with E-state index in [1.165, 1.54) is 17.0 Å². The highest BCUT2D eigenvalue weighted by atomic mass is 35.5. The van der Waals surface area contributed by atoms with E-state index < -0.39 is 11.9 Å². The number of nitrogens with zero attached hydrogens (tertiary/aromatic N) is 2. The molecule has 5 aromatic rings. The van der Waals surface area contributed by atoms with Gasteiger partial charge in [0.1, 0.15) is 17.7 Å². The monoisotopic (exact) mass is 665 g/mol. The molecule has 8 nitrogen and oxygen atoms in total. The Bertz CT molecular complexity index is 1900. The van der Waals surface area contributed by atoms with Crippen molar-refractivity contribution in [2.45, 2.75) is 31.3 Å². The van der Waals surface area contributed by atoms with E-state index in [4.69, 9.17) is 0 Å². The first kappa shape index (κ1) is 34.2. The summed E-state index contributed by atoms with van der Waals surface area (Å²) in [6, 6.07) is 30.4. The van der Waals surface area contributed by atoms with Crippen LogP contribution < -0.4 is 16.0 Å². The van der Waals surface area contributed by atoms with E-state index >= 15 is 0 Å². The number of fused-ring (bicyclic) bond motifs is 1.